The van der Waals surface area contributed by atoms with Crippen molar-refractivity contribution in [1.29, 1.82) is 0 Å². The van der Waals surface area contributed by atoms with Crippen molar-refractivity contribution in [3.63, 3.8) is 0 Å². The summed E-state index contributed by atoms with van der Waals surface area (Å²) in [5.74, 6) is 0. The molecule has 1 heteroatoms. The predicted molar refractivity (Wildman–Crippen MR) is 82.5 cm³/mol. The smallest absolute Gasteiger partial charge is 0.0120 e. The normalized spacial score (nSPS) is 12.4. The standard InChI is InChI=1S/C18H23N/c1-13-7-4-5-10-16(13)11-17(19)12-18-14(2)8-6-9-15(18)3/h4-10,17H,11-12,19H2,1-3H3. The number of rotatable bonds is 4. The summed E-state index contributed by atoms with van der Waals surface area (Å²) in [5.41, 5.74) is 13.1. The Bertz CT molecular complexity index is 537. The van der Waals surface area contributed by atoms with Crippen LogP contribution in [0.25, 0.3) is 0 Å². The number of benzene rings is 2. The maximum atomic E-state index is 6.34. The third-order valence-electron chi connectivity index (χ3n) is 3.85. The van der Waals surface area contributed by atoms with Crippen molar-refractivity contribution in [2.75, 3.05) is 0 Å². The van der Waals surface area contributed by atoms with E-state index in [2.05, 4.69) is 63.2 Å². The highest BCUT2D eigenvalue weighted by atomic mass is 14.6. The zero-order chi connectivity index (χ0) is 13.8. The number of nitrogens with two attached hydrogens (primary N) is 1. The van der Waals surface area contributed by atoms with E-state index in [0.717, 1.165) is 12.8 Å². The van der Waals surface area contributed by atoms with E-state index in [9.17, 15) is 0 Å². The van der Waals surface area contributed by atoms with Gasteiger partial charge in [-0.1, -0.05) is 42.5 Å². The fourth-order valence-electron chi connectivity index (χ4n) is 2.63. The zero-order valence-electron chi connectivity index (χ0n) is 12.1. The predicted octanol–water partition coefficient (Wildman–Crippen LogP) is 3.72. The SMILES string of the molecule is Cc1ccccc1CC(N)Cc1c(C)cccc1C. The van der Waals surface area contributed by atoms with E-state index in [4.69, 9.17) is 5.73 Å². The largest absolute Gasteiger partial charge is 0.327 e. The Balaban J connectivity index is 2.10. The third kappa shape index (κ3) is 3.45. The van der Waals surface area contributed by atoms with Gasteiger partial charge in [0.25, 0.3) is 0 Å². The van der Waals surface area contributed by atoms with E-state index in [1.54, 1.807) is 0 Å². The second-order valence-electron chi connectivity index (χ2n) is 5.47. The highest BCUT2D eigenvalue weighted by Crippen LogP contribution is 2.17. The summed E-state index contributed by atoms with van der Waals surface area (Å²) < 4.78 is 0. The number of aryl methyl sites for hydroxylation is 3. The monoisotopic (exact) mass is 253 g/mol. The third-order valence-corrected chi connectivity index (χ3v) is 3.85. The van der Waals surface area contributed by atoms with Crippen molar-refractivity contribution in [2.24, 2.45) is 5.73 Å². The molecular weight excluding hydrogens is 230 g/mol. The van der Waals surface area contributed by atoms with Crippen molar-refractivity contribution >= 4 is 0 Å². The molecule has 0 heterocycles. The molecule has 0 aliphatic heterocycles. The topological polar surface area (TPSA) is 26.0 Å². The summed E-state index contributed by atoms with van der Waals surface area (Å²) in [5, 5.41) is 0. The van der Waals surface area contributed by atoms with Crippen LogP contribution in [0, 0.1) is 20.8 Å². The maximum absolute atomic E-state index is 6.34. The van der Waals surface area contributed by atoms with E-state index < -0.39 is 0 Å². The van der Waals surface area contributed by atoms with Crippen molar-refractivity contribution in [3.05, 3.63) is 70.3 Å². The van der Waals surface area contributed by atoms with Crippen molar-refractivity contribution in [3.8, 4) is 0 Å². The van der Waals surface area contributed by atoms with Crippen LogP contribution in [-0.2, 0) is 12.8 Å². The second kappa shape index (κ2) is 6.03. The molecule has 0 bridgehead atoms. The van der Waals surface area contributed by atoms with Crippen molar-refractivity contribution < 1.29 is 0 Å². The first-order chi connectivity index (χ1) is 9.08. The van der Waals surface area contributed by atoms with Crippen molar-refractivity contribution in [1.82, 2.24) is 0 Å². The molecule has 0 aliphatic carbocycles. The Kier molecular flexibility index (Phi) is 4.39. The number of hydrogen-bond donors (Lipinski definition) is 1. The highest BCUT2D eigenvalue weighted by molar-refractivity contribution is 5.34. The fraction of sp³-hybridized carbons (Fsp3) is 0.333. The first kappa shape index (κ1) is 13.8. The molecule has 2 N–H and O–H groups in total. The molecule has 1 unspecified atom stereocenters. The first-order valence-corrected chi connectivity index (χ1v) is 6.93. The maximum Gasteiger partial charge on any atom is 0.0120 e. The van der Waals surface area contributed by atoms with Crippen LogP contribution >= 0.6 is 0 Å². The Labute approximate surface area is 116 Å². The Morgan fingerprint density at radius 1 is 0.789 bits per heavy atom. The molecule has 19 heavy (non-hydrogen) atoms. The zero-order valence-corrected chi connectivity index (χ0v) is 12.1. The van der Waals surface area contributed by atoms with Gasteiger partial charge in [0.05, 0.1) is 0 Å². The molecule has 0 saturated carbocycles. The molecule has 0 radical (unpaired) electrons. The number of hydrogen-bond acceptors (Lipinski definition) is 1. The average Bonchev–Trinajstić information content (AvgIpc) is 2.37. The molecule has 2 aromatic carbocycles. The van der Waals surface area contributed by atoms with Crippen molar-refractivity contribution in [2.45, 2.75) is 39.7 Å². The quantitative estimate of drug-likeness (QED) is 0.883. The Morgan fingerprint density at radius 2 is 1.37 bits per heavy atom. The molecule has 2 rings (SSSR count). The molecule has 0 fully saturated rings. The van der Waals surface area contributed by atoms with Gasteiger partial charge in [-0.2, -0.15) is 0 Å². The minimum atomic E-state index is 0.181. The summed E-state index contributed by atoms with van der Waals surface area (Å²) in [7, 11) is 0. The lowest BCUT2D eigenvalue weighted by molar-refractivity contribution is 0.658. The Hall–Kier alpha value is -1.60. The molecule has 100 valence electrons. The lowest BCUT2D eigenvalue weighted by atomic mass is 9.93. The van der Waals surface area contributed by atoms with Gasteiger partial charge in [-0.3, -0.25) is 0 Å². The molecule has 0 saturated heterocycles. The van der Waals surface area contributed by atoms with E-state index in [0.29, 0.717) is 0 Å². The molecule has 2 aromatic rings. The molecule has 0 aliphatic rings. The van der Waals surface area contributed by atoms with Gasteiger partial charge in [0.15, 0.2) is 0 Å². The van der Waals surface area contributed by atoms with Crippen LogP contribution in [0.1, 0.15) is 27.8 Å². The molecule has 0 aromatic heterocycles. The molecule has 0 amide bonds. The van der Waals surface area contributed by atoms with Crippen LogP contribution in [0.2, 0.25) is 0 Å². The Morgan fingerprint density at radius 3 is 2.00 bits per heavy atom. The summed E-state index contributed by atoms with van der Waals surface area (Å²) in [6.07, 6.45) is 1.90. The molecular formula is C18H23N. The van der Waals surface area contributed by atoms with Crippen LogP contribution < -0.4 is 5.73 Å². The lowest BCUT2D eigenvalue weighted by Gasteiger charge is -2.16. The van der Waals surface area contributed by atoms with Gasteiger partial charge in [-0.05, 0) is 61.4 Å². The van der Waals surface area contributed by atoms with Crippen LogP contribution in [0.5, 0.6) is 0 Å². The van der Waals surface area contributed by atoms with Crippen LogP contribution in [0.15, 0.2) is 42.5 Å². The first-order valence-electron chi connectivity index (χ1n) is 6.93. The van der Waals surface area contributed by atoms with Gasteiger partial charge in [-0.25, -0.2) is 0 Å². The molecule has 1 nitrogen and oxygen atoms in total. The van der Waals surface area contributed by atoms with Crippen LogP contribution in [0.3, 0.4) is 0 Å². The van der Waals surface area contributed by atoms with Gasteiger partial charge < -0.3 is 5.73 Å². The molecule has 1 atom stereocenters. The van der Waals surface area contributed by atoms with E-state index >= 15 is 0 Å². The van der Waals surface area contributed by atoms with E-state index in [-0.39, 0.29) is 6.04 Å². The van der Waals surface area contributed by atoms with Crippen LogP contribution in [-0.4, -0.2) is 6.04 Å². The minimum Gasteiger partial charge on any atom is -0.327 e. The van der Waals surface area contributed by atoms with Gasteiger partial charge in [0, 0.05) is 6.04 Å². The second-order valence-corrected chi connectivity index (χ2v) is 5.47. The summed E-state index contributed by atoms with van der Waals surface area (Å²) in [6.45, 7) is 6.49. The van der Waals surface area contributed by atoms with Crippen LogP contribution in [0.4, 0.5) is 0 Å². The van der Waals surface area contributed by atoms with Gasteiger partial charge >= 0.3 is 0 Å². The average molecular weight is 253 g/mol. The fourth-order valence-corrected chi connectivity index (χ4v) is 2.63. The van der Waals surface area contributed by atoms with E-state index in [1.165, 1.54) is 27.8 Å². The van der Waals surface area contributed by atoms with Gasteiger partial charge in [-0.15, -0.1) is 0 Å². The summed E-state index contributed by atoms with van der Waals surface area (Å²) in [4.78, 5) is 0. The van der Waals surface area contributed by atoms with E-state index in [1.807, 2.05) is 0 Å². The highest BCUT2D eigenvalue weighted by Gasteiger charge is 2.10. The molecule has 0 spiro atoms. The lowest BCUT2D eigenvalue weighted by Crippen LogP contribution is -2.26. The minimum absolute atomic E-state index is 0.181. The van der Waals surface area contributed by atoms with Gasteiger partial charge in [0.1, 0.15) is 0 Å². The van der Waals surface area contributed by atoms with Gasteiger partial charge in [0.2, 0.25) is 0 Å². The summed E-state index contributed by atoms with van der Waals surface area (Å²) >= 11 is 0. The summed E-state index contributed by atoms with van der Waals surface area (Å²) in [6, 6.07) is 15.1.